The zero-order valence-corrected chi connectivity index (χ0v) is 10.1. The topological polar surface area (TPSA) is 84.2 Å². The summed E-state index contributed by atoms with van der Waals surface area (Å²) in [6.45, 7) is 2.35. The maximum atomic E-state index is 11.6. The first kappa shape index (κ1) is 13.2. The number of carbonyl (C=O) groups excluding carboxylic acids is 1. The van der Waals surface area contributed by atoms with Gasteiger partial charge in [-0.25, -0.2) is 0 Å². The standard InChI is InChI=1S/C11H17N3O3/c1-8-7-9(13-14(8)2)11(17)12-6-4-3-5-10(15)16/h7H,3-6H2,1-2H3,(H,12,17)(H,15,16). The molecule has 0 unspecified atom stereocenters. The molecule has 6 nitrogen and oxygen atoms in total. The van der Waals surface area contributed by atoms with E-state index in [1.165, 1.54) is 0 Å². The zero-order valence-electron chi connectivity index (χ0n) is 10.1. The molecule has 0 aliphatic carbocycles. The molecule has 1 aromatic rings. The minimum Gasteiger partial charge on any atom is -0.481 e. The highest BCUT2D eigenvalue weighted by molar-refractivity contribution is 5.92. The predicted molar refractivity (Wildman–Crippen MR) is 61.8 cm³/mol. The van der Waals surface area contributed by atoms with Gasteiger partial charge < -0.3 is 10.4 Å². The van der Waals surface area contributed by atoms with Crippen molar-refractivity contribution in [2.75, 3.05) is 6.54 Å². The number of carboxylic acids is 1. The van der Waals surface area contributed by atoms with Crippen molar-refractivity contribution >= 4 is 11.9 Å². The molecule has 0 aliphatic rings. The number of aliphatic carboxylic acids is 1. The molecule has 6 heteroatoms. The Balaban J connectivity index is 2.28. The SMILES string of the molecule is Cc1cc(C(=O)NCCCCC(=O)O)nn1C. The van der Waals surface area contributed by atoms with Crippen LogP contribution in [0.1, 0.15) is 35.4 Å². The molecule has 1 rings (SSSR count). The van der Waals surface area contributed by atoms with Gasteiger partial charge in [0.1, 0.15) is 5.69 Å². The largest absolute Gasteiger partial charge is 0.481 e. The van der Waals surface area contributed by atoms with Crippen LogP contribution >= 0.6 is 0 Å². The van der Waals surface area contributed by atoms with E-state index in [0.717, 1.165) is 5.69 Å². The van der Waals surface area contributed by atoms with Crippen LogP contribution in [-0.4, -0.2) is 33.3 Å². The second-order valence-electron chi connectivity index (χ2n) is 3.90. The number of nitrogens with zero attached hydrogens (tertiary/aromatic N) is 2. The molecular weight excluding hydrogens is 222 g/mol. The van der Waals surface area contributed by atoms with Crippen molar-refractivity contribution in [2.24, 2.45) is 7.05 Å². The van der Waals surface area contributed by atoms with E-state index in [1.54, 1.807) is 17.8 Å². The molecule has 0 bridgehead atoms. The minimum absolute atomic E-state index is 0.137. The van der Waals surface area contributed by atoms with Gasteiger partial charge in [-0.15, -0.1) is 0 Å². The smallest absolute Gasteiger partial charge is 0.303 e. The Hall–Kier alpha value is -1.85. The summed E-state index contributed by atoms with van der Waals surface area (Å²) in [4.78, 5) is 21.9. The monoisotopic (exact) mass is 239 g/mol. The summed E-state index contributed by atoms with van der Waals surface area (Å²) in [6, 6.07) is 1.71. The van der Waals surface area contributed by atoms with Crippen molar-refractivity contribution in [3.05, 3.63) is 17.5 Å². The number of carboxylic acid groups (broad SMARTS) is 1. The van der Waals surface area contributed by atoms with E-state index in [1.807, 2.05) is 6.92 Å². The van der Waals surface area contributed by atoms with Gasteiger partial charge in [0.25, 0.3) is 5.91 Å². The number of amides is 1. The van der Waals surface area contributed by atoms with Gasteiger partial charge in [0, 0.05) is 25.7 Å². The minimum atomic E-state index is -0.809. The fraction of sp³-hybridized carbons (Fsp3) is 0.545. The Kier molecular flexibility index (Phi) is 4.68. The molecule has 1 aromatic heterocycles. The van der Waals surface area contributed by atoms with Gasteiger partial charge in [0.2, 0.25) is 0 Å². The van der Waals surface area contributed by atoms with Crippen LogP contribution in [-0.2, 0) is 11.8 Å². The van der Waals surface area contributed by atoms with Crippen LogP contribution < -0.4 is 5.32 Å². The fourth-order valence-corrected chi connectivity index (χ4v) is 1.37. The summed E-state index contributed by atoms with van der Waals surface area (Å²) in [5.41, 5.74) is 1.31. The summed E-state index contributed by atoms with van der Waals surface area (Å²) in [5.74, 6) is -1.03. The lowest BCUT2D eigenvalue weighted by atomic mass is 10.2. The number of hydrogen-bond acceptors (Lipinski definition) is 3. The average Bonchev–Trinajstić information content (AvgIpc) is 2.58. The third-order valence-electron chi connectivity index (χ3n) is 2.45. The summed E-state index contributed by atoms with van der Waals surface area (Å²) in [5, 5.41) is 15.2. The molecule has 17 heavy (non-hydrogen) atoms. The Labute approximate surface area is 99.6 Å². The maximum Gasteiger partial charge on any atom is 0.303 e. The number of carbonyl (C=O) groups is 2. The van der Waals surface area contributed by atoms with Gasteiger partial charge in [0.15, 0.2) is 0 Å². The highest BCUT2D eigenvalue weighted by atomic mass is 16.4. The highest BCUT2D eigenvalue weighted by Gasteiger charge is 2.09. The summed E-state index contributed by atoms with van der Waals surface area (Å²) >= 11 is 0. The second kappa shape index (κ2) is 6.03. The number of rotatable bonds is 6. The lowest BCUT2D eigenvalue weighted by molar-refractivity contribution is -0.137. The van der Waals surface area contributed by atoms with E-state index >= 15 is 0 Å². The zero-order chi connectivity index (χ0) is 12.8. The summed E-state index contributed by atoms with van der Waals surface area (Å²) in [7, 11) is 1.78. The van der Waals surface area contributed by atoms with Crippen LogP contribution in [0.4, 0.5) is 0 Å². The first-order valence-electron chi connectivity index (χ1n) is 5.51. The van der Waals surface area contributed by atoms with E-state index < -0.39 is 5.97 Å². The number of aromatic nitrogens is 2. The molecule has 0 aliphatic heterocycles. The molecule has 0 atom stereocenters. The second-order valence-corrected chi connectivity index (χ2v) is 3.90. The molecule has 2 N–H and O–H groups in total. The van der Waals surface area contributed by atoms with Gasteiger partial charge in [0.05, 0.1) is 0 Å². The average molecular weight is 239 g/mol. The van der Waals surface area contributed by atoms with Crippen LogP contribution in [0.2, 0.25) is 0 Å². The third kappa shape index (κ3) is 4.26. The van der Waals surface area contributed by atoms with Gasteiger partial charge >= 0.3 is 5.97 Å². The van der Waals surface area contributed by atoms with E-state index in [4.69, 9.17) is 5.11 Å². The van der Waals surface area contributed by atoms with E-state index in [0.29, 0.717) is 25.1 Å². The van der Waals surface area contributed by atoms with Crippen LogP contribution in [0.15, 0.2) is 6.07 Å². The Morgan fingerprint density at radius 1 is 1.47 bits per heavy atom. The third-order valence-corrected chi connectivity index (χ3v) is 2.45. The Morgan fingerprint density at radius 2 is 2.18 bits per heavy atom. The highest BCUT2D eigenvalue weighted by Crippen LogP contribution is 2.01. The van der Waals surface area contributed by atoms with Crippen molar-refractivity contribution < 1.29 is 14.7 Å². The van der Waals surface area contributed by atoms with E-state index in [2.05, 4.69) is 10.4 Å². The normalized spacial score (nSPS) is 10.2. The number of hydrogen-bond donors (Lipinski definition) is 2. The molecule has 0 aromatic carbocycles. The molecular formula is C11H17N3O3. The Morgan fingerprint density at radius 3 is 2.71 bits per heavy atom. The number of unbranched alkanes of at least 4 members (excludes halogenated alkanes) is 1. The van der Waals surface area contributed by atoms with Crippen LogP contribution in [0.5, 0.6) is 0 Å². The van der Waals surface area contributed by atoms with Gasteiger partial charge in [-0.05, 0) is 25.8 Å². The molecule has 1 amide bonds. The van der Waals surface area contributed by atoms with Crippen LogP contribution in [0, 0.1) is 6.92 Å². The van der Waals surface area contributed by atoms with E-state index in [-0.39, 0.29) is 12.3 Å². The molecule has 0 spiro atoms. The summed E-state index contributed by atoms with van der Waals surface area (Å²) in [6.07, 6.45) is 1.36. The number of aryl methyl sites for hydroxylation is 2. The molecule has 94 valence electrons. The van der Waals surface area contributed by atoms with E-state index in [9.17, 15) is 9.59 Å². The van der Waals surface area contributed by atoms with Crippen molar-refractivity contribution in [3.8, 4) is 0 Å². The quantitative estimate of drug-likeness (QED) is 0.716. The number of nitrogens with one attached hydrogen (secondary N) is 1. The van der Waals surface area contributed by atoms with Crippen LogP contribution in [0.25, 0.3) is 0 Å². The molecule has 0 saturated heterocycles. The first-order valence-corrected chi connectivity index (χ1v) is 5.51. The summed E-state index contributed by atoms with van der Waals surface area (Å²) < 4.78 is 1.64. The predicted octanol–water partition coefficient (Wildman–Crippen LogP) is 0.713. The Bertz CT molecular complexity index is 393. The lowest BCUT2D eigenvalue weighted by Crippen LogP contribution is -2.25. The van der Waals surface area contributed by atoms with Gasteiger partial charge in [-0.1, -0.05) is 0 Å². The van der Waals surface area contributed by atoms with Crippen molar-refractivity contribution in [3.63, 3.8) is 0 Å². The van der Waals surface area contributed by atoms with Crippen molar-refractivity contribution in [1.29, 1.82) is 0 Å². The van der Waals surface area contributed by atoms with Gasteiger partial charge in [-0.3, -0.25) is 14.3 Å². The molecule has 0 saturated carbocycles. The van der Waals surface area contributed by atoms with Crippen molar-refractivity contribution in [1.82, 2.24) is 15.1 Å². The van der Waals surface area contributed by atoms with Crippen LogP contribution in [0.3, 0.4) is 0 Å². The fourth-order valence-electron chi connectivity index (χ4n) is 1.37. The maximum absolute atomic E-state index is 11.6. The molecule has 1 heterocycles. The lowest BCUT2D eigenvalue weighted by Gasteiger charge is -2.01. The molecule has 0 fully saturated rings. The molecule has 0 radical (unpaired) electrons. The first-order chi connectivity index (χ1) is 8.00. The van der Waals surface area contributed by atoms with Gasteiger partial charge in [-0.2, -0.15) is 5.10 Å². The van der Waals surface area contributed by atoms with Crippen molar-refractivity contribution in [2.45, 2.75) is 26.2 Å².